The highest BCUT2D eigenvalue weighted by Crippen LogP contribution is 2.30. The monoisotopic (exact) mass is 302 g/mol. The predicted octanol–water partition coefficient (Wildman–Crippen LogP) is 3.17. The van der Waals surface area contributed by atoms with E-state index in [0.29, 0.717) is 12.1 Å². The van der Waals surface area contributed by atoms with E-state index < -0.39 is 45.4 Å². The van der Waals surface area contributed by atoms with Crippen molar-refractivity contribution in [2.45, 2.75) is 33.2 Å². The van der Waals surface area contributed by atoms with E-state index in [4.69, 9.17) is 5.11 Å². The first-order chi connectivity index (χ1) is 9.52. The highest BCUT2D eigenvalue weighted by atomic mass is 19.1. The number of hydrogen-bond acceptors (Lipinski definition) is 4. The lowest BCUT2D eigenvalue weighted by Gasteiger charge is -2.31. The van der Waals surface area contributed by atoms with Crippen LogP contribution in [-0.4, -0.2) is 22.0 Å². The van der Waals surface area contributed by atoms with E-state index in [0.717, 1.165) is 0 Å². The zero-order valence-corrected chi connectivity index (χ0v) is 11.8. The van der Waals surface area contributed by atoms with E-state index in [1.165, 1.54) is 0 Å². The summed E-state index contributed by atoms with van der Waals surface area (Å²) in [5.41, 5.74) is -1.86. The standard InChI is InChI=1S/C13H16F2N2O4/c1-13(2,3)10(6-11(18)19)16-12-8(14)4-7(17(20)21)5-9(12)15/h4-5,10,16H,6H2,1-3H3,(H,18,19). The topological polar surface area (TPSA) is 92.5 Å². The Morgan fingerprint density at radius 3 is 2.19 bits per heavy atom. The molecule has 0 amide bonds. The molecular weight excluding hydrogens is 286 g/mol. The molecular formula is C13H16F2N2O4. The molecule has 1 atom stereocenters. The van der Waals surface area contributed by atoms with Crippen LogP contribution in [0.5, 0.6) is 0 Å². The zero-order chi connectivity index (χ0) is 16.4. The Labute approximate surface area is 119 Å². The fourth-order valence-corrected chi connectivity index (χ4v) is 1.73. The number of non-ortho nitro benzene ring substituents is 1. The first-order valence-corrected chi connectivity index (χ1v) is 6.14. The smallest absolute Gasteiger partial charge is 0.305 e. The number of anilines is 1. The molecule has 0 aromatic heterocycles. The van der Waals surface area contributed by atoms with Crippen LogP contribution in [0.1, 0.15) is 27.2 Å². The molecule has 0 spiro atoms. The number of carboxylic acids is 1. The first kappa shape index (κ1) is 16.8. The number of carbonyl (C=O) groups is 1. The highest BCUT2D eigenvalue weighted by Gasteiger charge is 2.29. The third-order valence-corrected chi connectivity index (χ3v) is 2.98. The van der Waals surface area contributed by atoms with E-state index in [1.807, 2.05) is 0 Å². The predicted molar refractivity (Wildman–Crippen MR) is 72.1 cm³/mol. The van der Waals surface area contributed by atoms with Crippen LogP contribution in [-0.2, 0) is 4.79 Å². The van der Waals surface area contributed by atoms with Crippen LogP contribution >= 0.6 is 0 Å². The molecule has 0 aliphatic carbocycles. The molecule has 0 fully saturated rings. The third kappa shape index (κ3) is 4.37. The van der Waals surface area contributed by atoms with Crippen molar-refractivity contribution in [3.63, 3.8) is 0 Å². The summed E-state index contributed by atoms with van der Waals surface area (Å²) >= 11 is 0. The quantitative estimate of drug-likeness (QED) is 0.643. The summed E-state index contributed by atoms with van der Waals surface area (Å²) in [5.74, 6) is -3.40. The molecule has 0 aliphatic rings. The molecule has 0 aliphatic heterocycles. The fourth-order valence-electron chi connectivity index (χ4n) is 1.73. The number of nitrogens with one attached hydrogen (secondary N) is 1. The van der Waals surface area contributed by atoms with Gasteiger partial charge in [-0.1, -0.05) is 20.8 Å². The van der Waals surface area contributed by atoms with Crippen molar-refractivity contribution in [3.05, 3.63) is 33.9 Å². The number of aliphatic carboxylic acids is 1. The Kier molecular flexibility index (Phi) is 4.82. The van der Waals surface area contributed by atoms with E-state index >= 15 is 0 Å². The SMILES string of the molecule is CC(C)(C)C(CC(=O)O)Nc1c(F)cc([N+](=O)[O-])cc1F. The van der Waals surface area contributed by atoms with Crippen LogP contribution in [0.4, 0.5) is 20.2 Å². The Balaban J connectivity index is 3.15. The Hall–Kier alpha value is -2.25. The maximum Gasteiger partial charge on any atom is 0.305 e. The summed E-state index contributed by atoms with van der Waals surface area (Å²) < 4.78 is 27.6. The Morgan fingerprint density at radius 2 is 1.86 bits per heavy atom. The highest BCUT2D eigenvalue weighted by molar-refractivity contribution is 5.68. The van der Waals surface area contributed by atoms with Crippen LogP contribution in [0.2, 0.25) is 0 Å². The van der Waals surface area contributed by atoms with Crippen LogP contribution in [0.15, 0.2) is 12.1 Å². The fraction of sp³-hybridized carbons (Fsp3) is 0.462. The van der Waals surface area contributed by atoms with Gasteiger partial charge in [0.2, 0.25) is 0 Å². The van der Waals surface area contributed by atoms with Crippen molar-refractivity contribution in [2.24, 2.45) is 5.41 Å². The molecule has 0 heterocycles. The van der Waals surface area contributed by atoms with Gasteiger partial charge in [-0.2, -0.15) is 0 Å². The van der Waals surface area contributed by atoms with Gasteiger partial charge >= 0.3 is 5.97 Å². The van der Waals surface area contributed by atoms with Crippen molar-refractivity contribution in [1.29, 1.82) is 0 Å². The Morgan fingerprint density at radius 1 is 1.38 bits per heavy atom. The van der Waals surface area contributed by atoms with E-state index in [-0.39, 0.29) is 6.42 Å². The van der Waals surface area contributed by atoms with Crippen molar-refractivity contribution < 1.29 is 23.6 Å². The normalized spacial score (nSPS) is 12.8. The van der Waals surface area contributed by atoms with Crippen molar-refractivity contribution >= 4 is 17.3 Å². The van der Waals surface area contributed by atoms with Crippen molar-refractivity contribution in [3.8, 4) is 0 Å². The lowest BCUT2D eigenvalue weighted by molar-refractivity contribution is -0.385. The second-order valence-electron chi connectivity index (χ2n) is 5.70. The first-order valence-electron chi connectivity index (χ1n) is 6.14. The summed E-state index contributed by atoms with van der Waals surface area (Å²) in [5, 5.41) is 21.9. The van der Waals surface area contributed by atoms with Gasteiger partial charge in [0.15, 0.2) is 11.6 Å². The van der Waals surface area contributed by atoms with Crippen LogP contribution in [0.25, 0.3) is 0 Å². The lowest BCUT2D eigenvalue weighted by Crippen LogP contribution is -2.36. The molecule has 116 valence electrons. The van der Waals surface area contributed by atoms with E-state index in [1.54, 1.807) is 20.8 Å². The summed E-state index contributed by atoms with van der Waals surface area (Å²) in [7, 11) is 0. The third-order valence-electron chi connectivity index (χ3n) is 2.98. The summed E-state index contributed by atoms with van der Waals surface area (Å²) in [6, 6.07) is 0.429. The van der Waals surface area contributed by atoms with Gasteiger partial charge in [-0.15, -0.1) is 0 Å². The second kappa shape index (κ2) is 6.02. The minimum atomic E-state index is -1.14. The number of nitro groups is 1. The van der Waals surface area contributed by atoms with Gasteiger partial charge in [0.1, 0.15) is 5.69 Å². The maximum absolute atomic E-state index is 13.8. The molecule has 1 aromatic carbocycles. The van der Waals surface area contributed by atoms with Gasteiger partial charge in [-0.25, -0.2) is 8.78 Å². The Bertz CT molecular complexity index is 547. The summed E-state index contributed by atoms with van der Waals surface area (Å²) in [6.07, 6.45) is -0.348. The molecule has 0 saturated carbocycles. The van der Waals surface area contributed by atoms with Gasteiger partial charge in [-0.05, 0) is 5.41 Å². The molecule has 1 unspecified atom stereocenters. The van der Waals surface area contributed by atoms with Gasteiger partial charge < -0.3 is 10.4 Å². The minimum absolute atomic E-state index is 0.348. The largest absolute Gasteiger partial charge is 0.481 e. The molecule has 1 aromatic rings. The van der Waals surface area contributed by atoms with Crippen molar-refractivity contribution in [2.75, 3.05) is 5.32 Å². The average molecular weight is 302 g/mol. The van der Waals surface area contributed by atoms with Crippen LogP contribution < -0.4 is 5.32 Å². The molecule has 6 nitrogen and oxygen atoms in total. The lowest BCUT2D eigenvalue weighted by atomic mass is 9.84. The van der Waals surface area contributed by atoms with E-state index in [9.17, 15) is 23.7 Å². The molecule has 21 heavy (non-hydrogen) atoms. The maximum atomic E-state index is 13.8. The molecule has 0 bridgehead atoms. The number of benzene rings is 1. The average Bonchev–Trinajstić information content (AvgIpc) is 2.29. The van der Waals surface area contributed by atoms with Crippen LogP contribution in [0, 0.1) is 27.2 Å². The molecule has 8 heteroatoms. The number of nitrogens with zero attached hydrogens (tertiary/aromatic N) is 1. The second-order valence-corrected chi connectivity index (χ2v) is 5.70. The number of nitro benzene ring substituents is 1. The number of halogens is 2. The molecule has 0 radical (unpaired) electrons. The van der Waals surface area contributed by atoms with Crippen LogP contribution in [0.3, 0.4) is 0 Å². The minimum Gasteiger partial charge on any atom is -0.481 e. The number of hydrogen-bond donors (Lipinski definition) is 2. The number of rotatable bonds is 5. The van der Waals surface area contributed by atoms with Gasteiger partial charge in [0.25, 0.3) is 5.69 Å². The molecule has 1 rings (SSSR count). The van der Waals surface area contributed by atoms with Gasteiger partial charge in [-0.3, -0.25) is 14.9 Å². The van der Waals surface area contributed by atoms with E-state index in [2.05, 4.69) is 5.32 Å². The number of carboxylic acid groups (broad SMARTS) is 1. The summed E-state index contributed by atoms with van der Waals surface area (Å²) in [6.45, 7) is 5.15. The van der Waals surface area contributed by atoms with Gasteiger partial charge in [0.05, 0.1) is 23.5 Å². The van der Waals surface area contributed by atoms with Gasteiger partial charge in [0, 0.05) is 6.04 Å². The summed E-state index contributed by atoms with van der Waals surface area (Å²) in [4.78, 5) is 20.5. The van der Waals surface area contributed by atoms with Crippen molar-refractivity contribution in [1.82, 2.24) is 0 Å². The molecule has 2 N–H and O–H groups in total. The molecule has 0 saturated heterocycles. The zero-order valence-electron chi connectivity index (χ0n) is 11.8.